The van der Waals surface area contributed by atoms with E-state index in [9.17, 15) is 0 Å². The summed E-state index contributed by atoms with van der Waals surface area (Å²) in [6.45, 7) is 0. The summed E-state index contributed by atoms with van der Waals surface area (Å²) >= 11 is 8.31. The van der Waals surface area contributed by atoms with Gasteiger partial charge in [0.1, 0.15) is 3.14 Å². The highest BCUT2D eigenvalue weighted by Crippen LogP contribution is 2.29. The summed E-state index contributed by atoms with van der Waals surface area (Å²) in [6.07, 6.45) is 0. The highest BCUT2D eigenvalue weighted by atomic mass is 32.2. The van der Waals surface area contributed by atoms with Crippen LogP contribution in [0.3, 0.4) is 0 Å². The molecule has 4 heteroatoms. The Bertz CT molecular complexity index is 440. The van der Waals surface area contributed by atoms with Gasteiger partial charge in [-0.1, -0.05) is 12.2 Å². The number of fused-ring (bicyclic) bond motifs is 1. The molecule has 56 valence electrons. The minimum Gasteiger partial charge on any atom is -0.399 e. The Morgan fingerprint density at radius 3 is 2.73 bits per heavy atom. The molecule has 0 saturated heterocycles. The van der Waals surface area contributed by atoms with Crippen LogP contribution in [-0.2, 0) is 0 Å². The molecule has 0 aliphatic heterocycles. The summed E-state index contributed by atoms with van der Waals surface area (Å²) in [5.74, 6) is 0. The molecular formula is C7H5NS3. The second kappa shape index (κ2) is 2.55. The SMILES string of the molecule is Nc1ccc2sc(=S)sc2c1. The summed E-state index contributed by atoms with van der Waals surface area (Å²) in [4.78, 5) is 0. The van der Waals surface area contributed by atoms with Gasteiger partial charge in [0.05, 0.1) is 0 Å². The Balaban J connectivity index is 2.92. The third-order valence-electron chi connectivity index (χ3n) is 1.35. The van der Waals surface area contributed by atoms with Crippen molar-refractivity contribution in [2.75, 3.05) is 5.73 Å². The van der Waals surface area contributed by atoms with Crippen LogP contribution in [0.5, 0.6) is 0 Å². The van der Waals surface area contributed by atoms with Gasteiger partial charge in [-0.15, -0.1) is 22.7 Å². The molecular weight excluding hydrogens is 194 g/mol. The fourth-order valence-corrected chi connectivity index (χ4v) is 3.40. The van der Waals surface area contributed by atoms with Crippen LogP contribution >= 0.6 is 34.9 Å². The maximum absolute atomic E-state index is 5.61. The van der Waals surface area contributed by atoms with Crippen LogP contribution in [0.2, 0.25) is 0 Å². The van der Waals surface area contributed by atoms with Crippen LogP contribution < -0.4 is 5.73 Å². The Hall–Kier alpha value is -0.450. The summed E-state index contributed by atoms with van der Waals surface area (Å²) in [7, 11) is 0. The minimum absolute atomic E-state index is 0.807. The summed E-state index contributed by atoms with van der Waals surface area (Å²) in [5.41, 5.74) is 6.42. The van der Waals surface area contributed by atoms with Crippen LogP contribution in [0.25, 0.3) is 9.40 Å². The first-order valence-corrected chi connectivity index (χ1v) is 5.09. The molecule has 2 N–H and O–H groups in total. The molecule has 1 aromatic heterocycles. The number of hydrogen-bond donors (Lipinski definition) is 1. The Labute approximate surface area is 77.1 Å². The summed E-state index contributed by atoms with van der Waals surface area (Å²) in [6, 6.07) is 5.88. The second-order valence-electron chi connectivity index (χ2n) is 2.16. The topological polar surface area (TPSA) is 26.0 Å². The van der Waals surface area contributed by atoms with E-state index in [4.69, 9.17) is 18.0 Å². The number of nitrogen functional groups attached to an aromatic ring is 1. The van der Waals surface area contributed by atoms with Crippen LogP contribution in [-0.4, -0.2) is 0 Å². The number of nitrogens with two attached hydrogens (primary N) is 1. The molecule has 0 unspecified atom stereocenters. The Morgan fingerprint density at radius 2 is 1.91 bits per heavy atom. The lowest BCUT2D eigenvalue weighted by Gasteiger charge is -1.89. The van der Waals surface area contributed by atoms with Crippen molar-refractivity contribution in [1.29, 1.82) is 0 Å². The average Bonchev–Trinajstić information content (AvgIpc) is 2.27. The molecule has 2 rings (SSSR count). The average molecular weight is 199 g/mol. The number of benzene rings is 1. The lowest BCUT2D eigenvalue weighted by atomic mass is 10.3. The number of anilines is 1. The normalized spacial score (nSPS) is 10.5. The first-order valence-electron chi connectivity index (χ1n) is 3.05. The van der Waals surface area contributed by atoms with E-state index >= 15 is 0 Å². The third-order valence-corrected chi connectivity index (χ3v) is 3.95. The molecule has 1 nitrogen and oxygen atoms in total. The molecule has 0 aliphatic carbocycles. The minimum atomic E-state index is 0.807. The maximum Gasteiger partial charge on any atom is 0.144 e. The zero-order valence-electron chi connectivity index (χ0n) is 5.53. The van der Waals surface area contributed by atoms with Gasteiger partial charge < -0.3 is 5.73 Å². The van der Waals surface area contributed by atoms with Crippen LogP contribution in [0.15, 0.2) is 18.2 Å². The van der Waals surface area contributed by atoms with Crippen molar-refractivity contribution in [3.05, 3.63) is 21.3 Å². The quantitative estimate of drug-likeness (QED) is 0.520. The molecule has 11 heavy (non-hydrogen) atoms. The number of rotatable bonds is 0. The molecule has 1 heterocycles. The molecule has 0 fully saturated rings. The van der Waals surface area contributed by atoms with Crippen molar-refractivity contribution >= 4 is 50.0 Å². The van der Waals surface area contributed by atoms with Gasteiger partial charge in [-0.05, 0) is 18.2 Å². The first-order chi connectivity index (χ1) is 5.25. The van der Waals surface area contributed by atoms with E-state index in [0.29, 0.717) is 0 Å². The highest BCUT2D eigenvalue weighted by molar-refractivity contribution is 7.77. The van der Waals surface area contributed by atoms with Crippen LogP contribution in [0.4, 0.5) is 5.69 Å². The van der Waals surface area contributed by atoms with Gasteiger partial charge >= 0.3 is 0 Å². The number of hydrogen-bond acceptors (Lipinski definition) is 4. The lowest BCUT2D eigenvalue weighted by Crippen LogP contribution is -1.80. The molecule has 0 atom stereocenters. The van der Waals surface area contributed by atoms with Gasteiger partial charge in [0.25, 0.3) is 0 Å². The van der Waals surface area contributed by atoms with Gasteiger partial charge in [0.15, 0.2) is 0 Å². The van der Waals surface area contributed by atoms with Crippen molar-refractivity contribution in [1.82, 2.24) is 0 Å². The standard InChI is InChI=1S/C7H5NS3/c8-4-1-2-5-6(3-4)11-7(9)10-5/h1-3H,8H2. The van der Waals surface area contributed by atoms with Crippen molar-refractivity contribution in [2.24, 2.45) is 0 Å². The monoisotopic (exact) mass is 199 g/mol. The van der Waals surface area contributed by atoms with Gasteiger partial charge in [0, 0.05) is 15.1 Å². The molecule has 0 bridgehead atoms. The van der Waals surface area contributed by atoms with E-state index in [1.54, 1.807) is 22.7 Å². The van der Waals surface area contributed by atoms with E-state index in [1.165, 1.54) is 9.40 Å². The summed E-state index contributed by atoms with van der Waals surface area (Å²) in [5, 5.41) is 0. The predicted molar refractivity (Wildman–Crippen MR) is 54.9 cm³/mol. The van der Waals surface area contributed by atoms with Crippen molar-refractivity contribution in [2.45, 2.75) is 0 Å². The van der Waals surface area contributed by atoms with Crippen molar-refractivity contribution in [3.63, 3.8) is 0 Å². The summed E-state index contributed by atoms with van der Waals surface area (Å²) < 4.78 is 3.39. The zero-order chi connectivity index (χ0) is 7.84. The van der Waals surface area contributed by atoms with E-state index in [0.717, 1.165) is 8.82 Å². The fraction of sp³-hybridized carbons (Fsp3) is 0. The van der Waals surface area contributed by atoms with E-state index in [-0.39, 0.29) is 0 Å². The largest absolute Gasteiger partial charge is 0.399 e. The fourth-order valence-electron chi connectivity index (χ4n) is 0.889. The molecule has 0 aliphatic rings. The van der Waals surface area contributed by atoms with Crippen molar-refractivity contribution in [3.8, 4) is 0 Å². The predicted octanol–water partition coefficient (Wildman–Crippen LogP) is 3.27. The van der Waals surface area contributed by atoms with Gasteiger partial charge in [-0.3, -0.25) is 0 Å². The smallest absolute Gasteiger partial charge is 0.144 e. The van der Waals surface area contributed by atoms with E-state index in [1.807, 2.05) is 18.2 Å². The van der Waals surface area contributed by atoms with Gasteiger partial charge in [0.2, 0.25) is 0 Å². The molecule has 0 spiro atoms. The second-order valence-corrected chi connectivity index (χ2v) is 5.45. The molecule has 2 aromatic rings. The molecule has 0 amide bonds. The van der Waals surface area contributed by atoms with E-state index < -0.39 is 0 Å². The third kappa shape index (κ3) is 1.29. The molecule has 1 aromatic carbocycles. The first kappa shape index (κ1) is 7.21. The Kier molecular flexibility index (Phi) is 1.67. The molecule has 0 saturated carbocycles. The van der Waals surface area contributed by atoms with Crippen LogP contribution in [0.1, 0.15) is 0 Å². The molecule has 0 radical (unpaired) electrons. The van der Waals surface area contributed by atoms with Gasteiger partial charge in [-0.2, -0.15) is 0 Å². The Morgan fingerprint density at radius 1 is 1.18 bits per heavy atom. The van der Waals surface area contributed by atoms with E-state index in [2.05, 4.69) is 0 Å². The maximum atomic E-state index is 5.61. The highest BCUT2D eigenvalue weighted by Gasteiger charge is 1.96. The van der Waals surface area contributed by atoms with Gasteiger partial charge in [-0.25, -0.2) is 0 Å². The zero-order valence-corrected chi connectivity index (χ0v) is 7.98. The van der Waals surface area contributed by atoms with Crippen molar-refractivity contribution < 1.29 is 0 Å². The lowest BCUT2D eigenvalue weighted by molar-refractivity contribution is 1.80. The van der Waals surface area contributed by atoms with Crippen LogP contribution in [0, 0.1) is 3.14 Å².